The van der Waals surface area contributed by atoms with Crippen molar-refractivity contribution in [3.63, 3.8) is 0 Å². The van der Waals surface area contributed by atoms with E-state index in [0.717, 1.165) is 6.07 Å². The summed E-state index contributed by atoms with van der Waals surface area (Å²) in [4.78, 5) is 3.89. The summed E-state index contributed by atoms with van der Waals surface area (Å²) in [5, 5.41) is 20.4. The third kappa shape index (κ3) is 2.42. The Morgan fingerprint density at radius 2 is 1.94 bits per heavy atom. The average Bonchev–Trinajstić information content (AvgIpc) is 2.41. The number of benzene rings is 1. The molecule has 1 heterocycles. The fraction of sp³-hybridized carbons (Fsp3) is 0. The van der Waals surface area contributed by atoms with Crippen molar-refractivity contribution in [3.8, 4) is 12.1 Å². The molecule has 5 heteroatoms. The van der Waals surface area contributed by atoms with Crippen LogP contribution in [0.2, 0.25) is 0 Å². The van der Waals surface area contributed by atoms with Crippen LogP contribution in [0.25, 0.3) is 0 Å². The van der Waals surface area contributed by atoms with Crippen LogP contribution < -0.4 is 5.32 Å². The Labute approximate surface area is 103 Å². The molecule has 2 rings (SSSR count). The summed E-state index contributed by atoms with van der Waals surface area (Å²) in [6.45, 7) is 0. The molecule has 4 nitrogen and oxygen atoms in total. The molecule has 0 spiro atoms. The number of hydrogen-bond donors (Lipinski definition) is 1. The summed E-state index contributed by atoms with van der Waals surface area (Å²) in [5.74, 6) is -0.463. The third-order valence-corrected chi connectivity index (χ3v) is 2.26. The van der Waals surface area contributed by atoms with Crippen molar-refractivity contribution in [2.45, 2.75) is 0 Å². The number of hydrogen-bond acceptors (Lipinski definition) is 4. The zero-order valence-electron chi connectivity index (χ0n) is 9.18. The Hall–Kier alpha value is -2.92. The van der Waals surface area contributed by atoms with Crippen LogP contribution in [0.5, 0.6) is 0 Å². The minimum atomic E-state index is -0.463. The van der Waals surface area contributed by atoms with Gasteiger partial charge < -0.3 is 5.32 Å². The summed E-state index contributed by atoms with van der Waals surface area (Å²) >= 11 is 0. The van der Waals surface area contributed by atoms with Crippen molar-refractivity contribution in [1.82, 2.24) is 4.98 Å². The maximum Gasteiger partial charge on any atom is 0.140 e. The maximum atomic E-state index is 12.9. The van der Waals surface area contributed by atoms with Crippen LogP contribution >= 0.6 is 0 Å². The Bertz CT molecular complexity index is 650. The molecule has 18 heavy (non-hydrogen) atoms. The first kappa shape index (κ1) is 11.6. The number of nitrogens with zero attached hydrogens (tertiary/aromatic N) is 3. The summed E-state index contributed by atoms with van der Waals surface area (Å²) in [5.41, 5.74) is 1.63. The number of nitriles is 2. The molecule has 0 radical (unpaired) electrons. The van der Waals surface area contributed by atoms with Gasteiger partial charge in [-0.3, -0.25) is 0 Å². The highest BCUT2D eigenvalue weighted by Gasteiger charge is 2.04. The van der Waals surface area contributed by atoms with E-state index in [9.17, 15) is 4.39 Å². The number of rotatable bonds is 2. The van der Waals surface area contributed by atoms with Crippen molar-refractivity contribution < 1.29 is 4.39 Å². The number of aromatic nitrogens is 1. The van der Waals surface area contributed by atoms with Gasteiger partial charge in [0, 0.05) is 0 Å². The zero-order valence-corrected chi connectivity index (χ0v) is 9.18. The molecule has 0 saturated heterocycles. The molecule has 0 aliphatic heterocycles. The summed E-state index contributed by atoms with van der Waals surface area (Å²) < 4.78 is 12.9. The summed E-state index contributed by atoms with van der Waals surface area (Å²) in [7, 11) is 0. The van der Waals surface area contributed by atoms with E-state index in [4.69, 9.17) is 10.5 Å². The third-order valence-electron chi connectivity index (χ3n) is 2.26. The quantitative estimate of drug-likeness (QED) is 0.872. The highest BCUT2D eigenvalue weighted by Crippen LogP contribution is 2.20. The Balaban J connectivity index is 2.29. The highest BCUT2D eigenvalue weighted by atomic mass is 19.1. The van der Waals surface area contributed by atoms with Gasteiger partial charge in [0.05, 0.1) is 23.1 Å². The lowest BCUT2D eigenvalue weighted by Gasteiger charge is -2.07. The van der Waals surface area contributed by atoms with Crippen molar-refractivity contribution >= 4 is 11.4 Å². The van der Waals surface area contributed by atoms with E-state index >= 15 is 0 Å². The smallest absolute Gasteiger partial charge is 0.140 e. The SMILES string of the molecule is N#Cc1ccc(Nc2ccc(F)cc2C#N)cn1. The lowest BCUT2D eigenvalue weighted by atomic mass is 10.2. The molecule has 0 aliphatic rings. The highest BCUT2D eigenvalue weighted by molar-refractivity contribution is 5.66. The van der Waals surface area contributed by atoms with Gasteiger partial charge in [0.25, 0.3) is 0 Å². The zero-order chi connectivity index (χ0) is 13.0. The molecule has 0 bridgehead atoms. The summed E-state index contributed by atoms with van der Waals surface area (Å²) in [6.07, 6.45) is 1.48. The number of pyridine rings is 1. The molecule has 0 saturated carbocycles. The minimum absolute atomic E-state index is 0.208. The molecular weight excluding hydrogens is 231 g/mol. The molecule has 2 aromatic rings. The molecule has 1 aromatic heterocycles. The predicted molar refractivity (Wildman–Crippen MR) is 63.3 cm³/mol. The van der Waals surface area contributed by atoms with Crippen LogP contribution in [0.15, 0.2) is 36.5 Å². The predicted octanol–water partition coefficient (Wildman–Crippen LogP) is 2.71. The van der Waals surface area contributed by atoms with Gasteiger partial charge >= 0.3 is 0 Å². The van der Waals surface area contributed by atoms with Gasteiger partial charge in [0.2, 0.25) is 0 Å². The Kier molecular flexibility index (Phi) is 3.17. The van der Waals surface area contributed by atoms with Crippen LogP contribution in [0.4, 0.5) is 15.8 Å². The van der Waals surface area contributed by atoms with Gasteiger partial charge in [-0.2, -0.15) is 10.5 Å². The first-order valence-electron chi connectivity index (χ1n) is 5.06. The first-order chi connectivity index (χ1) is 8.72. The van der Waals surface area contributed by atoms with Crippen molar-refractivity contribution in [1.29, 1.82) is 10.5 Å². The Morgan fingerprint density at radius 1 is 1.11 bits per heavy atom. The lowest BCUT2D eigenvalue weighted by Crippen LogP contribution is -1.95. The second kappa shape index (κ2) is 4.94. The van der Waals surface area contributed by atoms with Crippen molar-refractivity contribution in [3.05, 3.63) is 53.6 Å². The van der Waals surface area contributed by atoms with E-state index in [1.54, 1.807) is 12.1 Å². The first-order valence-corrected chi connectivity index (χ1v) is 5.06. The monoisotopic (exact) mass is 238 g/mol. The number of anilines is 2. The van der Waals surface area contributed by atoms with E-state index in [1.165, 1.54) is 18.3 Å². The molecule has 0 aliphatic carbocycles. The van der Waals surface area contributed by atoms with E-state index in [0.29, 0.717) is 17.1 Å². The van der Waals surface area contributed by atoms with Crippen LogP contribution in [-0.2, 0) is 0 Å². The van der Waals surface area contributed by atoms with Crippen LogP contribution in [0, 0.1) is 28.5 Å². The van der Waals surface area contributed by atoms with Crippen molar-refractivity contribution in [2.24, 2.45) is 0 Å². The van der Waals surface area contributed by atoms with Gasteiger partial charge in [-0.1, -0.05) is 0 Å². The topological polar surface area (TPSA) is 72.5 Å². The maximum absolute atomic E-state index is 12.9. The van der Waals surface area contributed by atoms with Crippen LogP contribution in [0.1, 0.15) is 11.3 Å². The molecule has 0 atom stereocenters. The average molecular weight is 238 g/mol. The second-order valence-corrected chi connectivity index (χ2v) is 3.47. The van der Waals surface area contributed by atoms with E-state index in [1.807, 2.05) is 12.1 Å². The number of nitrogens with one attached hydrogen (secondary N) is 1. The molecule has 0 fully saturated rings. The molecule has 0 amide bonds. The lowest BCUT2D eigenvalue weighted by molar-refractivity contribution is 0.627. The van der Waals surface area contributed by atoms with Crippen LogP contribution in [-0.4, -0.2) is 4.98 Å². The van der Waals surface area contributed by atoms with Crippen LogP contribution in [0.3, 0.4) is 0 Å². The standard InChI is InChI=1S/C13H7FN4/c14-10-1-4-13(9(5-10)6-15)18-12-3-2-11(7-16)17-8-12/h1-5,8,18H. The van der Waals surface area contributed by atoms with E-state index in [-0.39, 0.29) is 5.56 Å². The molecule has 1 aromatic carbocycles. The normalized spacial score (nSPS) is 9.28. The molecule has 86 valence electrons. The van der Waals surface area contributed by atoms with Gasteiger partial charge in [-0.15, -0.1) is 0 Å². The minimum Gasteiger partial charge on any atom is -0.353 e. The molecule has 1 N–H and O–H groups in total. The van der Waals surface area contributed by atoms with Gasteiger partial charge in [0.1, 0.15) is 23.6 Å². The molecular formula is C13H7FN4. The fourth-order valence-corrected chi connectivity index (χ4v) is 1.41. The van der Waals surface area contributed by atoms with Gasteiger partial charge in [0.15, 0.2) is 0 Å². The summed E-state index contributed by atoms with van der Waals surface area (Å²) in [6, 6.07) is 10.9. The number of halogens is 1. The van der Waals surface area contributed by atoms with E-state index in [2.05, 4.69) is 10.3 Å². The fourth-order valence-electron chi connectivity index (χ4n) is 1.41. The van der Waals surface area contributed by atoms with Gasteiger partial charge in [-0.25, -0.2) is 9.37 Å². The van der Waals surface area contributed by atoms with Gasteiger partial charge in [-0.05, 0) is 30.3 Å². The largest absolute Gasteiger partial charge is 0.353 e. The van der Waals surface area contributed by atoms with E-state index < -0.39 is 5.82 Å². The second-order valence-electron chi connectivity index (χ2n) is 3.47. The Morgan fingerprint density at radius 3 is 2.56 bits per heavy atom. The molecule has 0 unspecified atom stereocenters. The van der Waals surface area contributed by atoms with Crippen molar-refractivity contribution in [2.75, 3.05) is 5.32 Å².